The smallest absolute Gasteiger partial charge is 0.417 e. The molecule has 16 rings (SSSR count). The minimum Gasteiger partial charge on any atom is -0.494 e. The number of aromatic amines is 4. The molecule has 0 fully saturated rings. The lowest BCUT2D eigenvalue weighted by atomic mass is 9.99. The van der Waals surface area contributed by atoms with Gasteiger partial charge in [-0.3, -0.25) is 43.1 Å². The van der Waals surface area contributed by atoms with Crippen LogP contribution in [0.15, 0.2) is 240 Å². The third-order valence-electron chi connectivity index (χ3n) is 19.2. The van der Waals surface area contributed by atoms with E-state index in [1.165, 1.54) is 119 Å². The van der Waals surface area contributed by atoms with Gasteiger partial charge in [0.1, 0.15) is 51.1 Å². The summed E-state index contributed by atoms with van der Waals surface area (Å²) in [5.41, 5.74) is -2.83. The second-order valence-electron chi connectivity index (χ2n) is 28.9. The number of methoxy groups -OCH3 is 1. The Labute approximate surface area is 777 Å². The van der Waals surface area contributed by atoms with E-state index >= 15 is 0 Å². The molecule has 0 radical (unpaired) electrons. The van der Waals surface area contributed by atoms with E-state index in [4.69, 9.17) is 74.3 Å². The molecule has 12 heterocycles. The molecule has 0 bridgehead atoms. The van der Waals surface area contributed by atoms with Crippen molar-refractivity contribution in [1.82, 2.24) is 59.8 Å². The Morgan fingerprint density at radius 1 is 0.376 bits per heavy atom. The molecule has 9 N–H and O–H groups in total. The summed E-state index contributed by atoms with van der Waals surface area (Å²) in [7, 11) is -16.3. The minimum absolute atomic E-state index is 0.0183. The molecule has 0 saturated heterocycles. The van der Waals surface area contributed by atoms with Crippen LogP contribution in [0.4, 0.5) is 57.9 Å². The van der Waals surface area contributed by atoms with Gasteiger partial charge in [0.15, 0.2) is 0 Å². The van der Waals surface area contributed by atoms with Gasteiger partial charge in [-0.1, -0.05) is 75.7 Å². The molecule has 0 atom stereocenters. The topological polar surface area (TPSA) is 449 Å². The lowest BCUT2D eigenvalue weighted by molar-refractivity contribution is -0.138. The van der Waals surface area contributed by atoms with Crippen LogP contribution in [0.3, 0.4) is 0 Å². The number of hydrogen-bond acceptors (Lipinski definition) is 22. The molecule has 133 heavy (non-hydrogen) atoms. The molecule has 0 unspecified atom stereocenters. The summed E-state index contributed by atoms with van der Waals surface area (Å²) >= 11 is 35.5. The maximum atomic E-state index is 13.8. The van der Waals surface area contributed by atoms with Crippen molar-refractivity contribution in [2.24, 2.45) is 0 Å². The van der Waals surface area contributed by atoms with Crippen LogP contribution in [-0.4, -0.2) is 129 Å². The number of nitrogens with one attached hydrogen (secondary N) is 8. The molecule has 4 aromatic carbocycles. The van der Waals surface area contributed by atoms with Gasteiger partial charge in [0.25, 0.3) is 46.0 Å². The van der Waals surface area contributed by atoms with Crippen molar-refractivity contribution in [1.29, 1.82) is 0 Å². The van der Waals surface area contributed by atoms with Gasteiger partial charge in [0, 0.05) is 134 Å². The maximum absolute atomic E-state index is 13.8. The van der Waals surface area contributed by atoms with Crippen LogP contribution in [0.1, 0.15) is 113 Å². The minimum atomic E-state index is -4.87. The number of sulfonamides is 4. The number of aliphatic hydroxyl groups is 1. The predicted octanol–water partition coefficient (Wildman–Crippen LogP) is 19.6. The van der Waals surface area contributed by atoms with Crippen molar-refractivity contribution in [2.45, 2.75) is 71.2 Å². The van der Waals surface area contributed by atoms with Gasteiger partial charge in [0.05, 0.1) is 98.0 Å². The number of carbonyl (C=O) groups excluding carboxylic acids is 4. The van der Waals surface area contributed by atoms with E-state index in [1.807, 2.05) is 0 Å². The van der Waals surface area contributed by atoms with Crippen LogP contribution in [0.25, 0.3) is 44.1 Å². The zero-order valence-electron chi connectivity index (χ0n) is 68.0. The van der Waals surface area contributed by atoms with E-state index in [1.54, 1.807) is 56.0 Å². The Kier molecular flexibility index (Phi) is 28.0. The fraction of sp³-hybridized carbons (Fsp3) is 0.106. The molecule has 48 heteroatoms. The van der Waals surface area contributed by atoms with Gasteiger partial charge in [-0.05, 0) is 166 Å². The zero-order chi connectivity index (χ0) is 96.6. The van der Waals surface area contributed by atoms with Crippen LogP contribution >= 0.6 is 69.6 Å². The normalized spacial score (nSPS) is 12.1. The lowest BCUT2D eigenvalue weighted by Crippen LogP contribution is -2.20. The number of alkyl halides is 8. The number of carbonyl (C=O) groups is 4. The number of H-pyrrole nitrogens is 4. The second-order valence-corrected chi connectivity index (χ2v) is 38.2. The highest BCUT2D eigenvalue weighted by atomic mass is 35.5. The molecule has 0 saturated carbocycles. The summed E-state index contributed by atoms with van der Waals surface area (Å²) in [5.74, 6) is -5.65. The number of ketones is 4. The molecule has 30 nitrogen and oxygen atoms in total. The van der Waals surface area contributed by atoms with Crippen LogP contribution in [0, 0.1) is 6.92 Å². The zero-order valence-corrected chi connectivity index (χ0v) is 75.8. The number of rotatable bonds is 23. The first kappa shape index (κ1) is 97.4. The van der Waals surface area contributed by atoms with Gasteiger partial charge >= 0.3 is 12.4 Å². The first-order valence-corrected chi connectivity index (χ1v) is 45.9. The van der Waals surface area contributed by atoms with E-state index in [9.17, 15) is 93.1 Å². The van der Waals surface area contributed by atoms with E-state index in [0.717, 1.165) is 60.8 Å². The monoisotopic (exact) mass is 2020 g/mol. The van der Waals surface area contributed by atoms with Crippen molar-refractivity contribution in [3.05, 3.63) is 323 Å². The highest BCUT2D eigenvalue weighted by Crippen LogP contribution is 2.41. The molecular weight excluding hydrogens is 1960 g/mol. The van der Waals surface area contributed by atoms with Gasteiger partial charge in [-0.2, -0.15) is 26.3 Å². The van der Waals surface area contributed by atoms with Crippen molar-refractivity contribution < 1.29 is 97.8 Å². The standard InChI is InChI=1S/C22H18Cl2N4O4S.C22H16ClF3N4O4S.C21H14Cl2F2N4O3S.C20H12ClF3N4O3S/c1-22(2,30)16-10-13(3-4-17(16)24)33(31,32)28-18-9-12(23)11-27-19(18)20(29)14-5-7-25-21-15(14)6-8-26-21;1-11-7-16(30-35(32,33)12-3-4-15(23)14(8-12)22(24,25)26)19(28-9-11)20(31)18-13-5-6-27-21(13)29-10-17(18)34-2;1-21(24,25)15-9-12(2-3-16(15)23)33(31,32)29-17-8-11(22)10-28-18(17)19(30)13-4-6-26-20-14(13)5-7-27-20;21-12-9-16(28-32(30,31)13-3-1-2-11(8-13)20(22,23)24)17(27-10-12)18(29)14-4-6-25-19-15(14)5-7-26-19/h3-11,28,30H,1-2H3,(H,25,26);3-10,30H,1-2H3,(H,27,29);2-10,29H,1H3,(H,26,27);1-10,28H,(H,25,26). The van der Waals surface area contributed by atoms with E-state index in [2.05, 4.69) is 78.7 Å². The number of nitrogens with zero attached hydrogens (tertiary/aromatic N) is 8. The summed E-state index contributed by atoms with van der Waals surface area (Å²) < 4.78 is 225. The molecule has 0 amide bonds. The number of hydrogen-bond donors (Lipinski definition) is 9. The lowest BCUT2D eigenvalue weighted by Gasteiger charge is -2.20. The number of ether oxygens (including phenoxy) is 1. The van der Waals surface area contributed by atoms with Gasteiger partial charge < -0.3 is 29.8 Å². The highest BCUT2D eigenvalue weighted by Gasteiger charge is 2.38. The first-order valence-electron chi connectivity index (χ1n) is 37.7. The second kappa shape index (κ2) is 38.2. The number of benzene rings is 4. The summed E-state index contributed by atoms with van der Waals surface area (Å²) in [4.78, 5) is 95.5. The largest absolute Gasteiger partial charge is 0.494 e. The number of aromatic nitrogens is 12. The summed E-state index contributed by atoms with van der Waals surface area (Å²) in [6.07, 6.45) is 7.40. The van der Waals surface area contributed by atoms with E-state index in [-0.39, 0.29) is 104 Å². The Morgan fingerprint density at radius 3 is 1.09 bits per heavy atom. The average Bonchev–Trinajstić information content (AvgIpc) is 1.55. The average molecular weight is 2020 g/mol. The first-order chi connectivity index (χ1) is 62.4. The molecule has 686 valence electrons. The number of fused-ring (bicyclic) bond motifs is 4. The molecule has 0 aliphatic heterocycles. The highest BCUT2D eigenvalue weighted by molar-refractivity contribution is 7.93. The van der Waals surface area contributed by atoms with Crippen LogP contribution in [0.2, 0.25) is 30.1 Å². The van der Waals surface area contributed by atoms with Gasteiger partial charge in [-0.25, -0.2) is 77.3 Å². The Morgan fingerprint density at radius 2 is 0.714 bits per heavy atom. The van der Waals surface area contributed by atoms with Crippen LogP contribution < -0.4 is 23.6 Å². The number of pyridine rings is 8. The SMILES string of the molecule is CC(C)(O)c1cc(S(=O)(=O)Nc2cc(Cl)cnc2C(=O)c2ccnc3[nH]ccc23)ccc1Cl.CC(F)(F)c1cc(S(=O)(=O)Nc2cc(Cl)cnc2C(=O)c2ccnc3[nH]ccc23)ccc1Cl.COc1cnc2[nH]ccc2c1C(=O)c1ncc(C)cc1NS(=O)(=O)c1ccc(Cl)c(C(F)(F)F)c1.O=C(c1ncc(Cl)cc1NS(=O)(=O)c1cccc(C(F)(F)F)c1)c1ccnc2[nH]ccc12. The Hall–Kier alpha value is -13.1. The van der Waals surface area contributed by atoms with Crippen LogP contribution in [-0.2, 0) is 64.0 Å². The van der Waals surface area contributed by atoms with E-state index in [0.29, 0.717) is 74.3 Å². The number of aryl methyl sites for hydroxylation is 1. The van der Waals surface area contributed by atoms with Crippen molar-refractivity contribution in [3.63, 3.8) is 0 Å². The number of halogens is 14. The maximum Gasteiger partial charge on any atom is 0.417 e. The molecule has 0 aliphatic rings. The number of anilines is 4. The molecule has 12 aromatic heterocycles. The summed E-state index contributed by atoms with van der Waals surface area (Å²) in [5, 5.41) is 11.8. The van der Waals surface area contributed by atoms with Crippen molar-refractivity contribution in [2.75, 3.05) is 26.0 Å². The fourth-order valence-electron chi connectivity index (χ4n) is 13.0. The summed E-state index contributed by atoms with van der Waals surface area (Å²) in [6.45, 7) is 5.20. The Balaban J connectivity index is 0.000000151. The molecule has 0 aliphatic carbocycles. The van der Waals surface area contributed by atoms with Gasteiger partial charge in [0.2, 0.25) is 23.1 Å². The Bertz CT molecular complexity index is 7610. The fourth-order valence-corrected chi connectivity index (χ4v) is 18.7. The van der Waals surface area contributed by atoms with Crippen LogP contribution in [0.5, 0.6) is 5.75 Å². The third kappa shape index (κ3) is 21.8. The summed E-state index contributed by atoms with van der Waals surface area (Å²) in [6, 6.07) is 28.3. The third-order valence-corrected chi connectivity index (χ3v) is 26.3. The van der Waals surface area contributed by atoms with Crippen molar-refractivity contribution >= 4 is 200 Å². The molecule has 16 aromatic rings. The molecular formula is C85H60Cl6F8N16O14S4. The van der Waals surface area contributed by atoms with E-state index < -0.39 is 124 Å². The predicted molar refractivity (Wildman–Crippen MR) is 480 cm³/mol. The van der Waals surface area contributed by atoms with Gasteiger partial charge in [-0.15, -0.1) is 0 Å². The molecule has 0 spiro atoms. The quantitative estimate of drug-likeness (QED) is 0.0212. The van der Waals surface area contributed by atoms with Crippen molar-refractivity contribution in [3.8, 4) is 5.75 Å².